The highest BCUT2D eigenvalue weighted by atomic mass is 35.5. The Morgan fingerprint density at radius 2 is 1.43 bits per heavy atom. The van der Waals surface area contributed by atoms with E-state index in [2.05, 4.69) is 5.16 Å². The van der Waals surface area contributed by atoms with E-state index in [-0.39, 0.29) is 5.75 Å². The zero-order valence-corrected chi connectivity index (χ0v) is 20.8. The van der Waals surface area contributed by atoms with E-state index in [1.165, 1.54) is 14.2 Å². The predicted molar refractivity (Wildman–Crippen MR) is 132 cm³/mol. The van der Waals surface area contributed by atoms with Crippen LogP contribution in [0.3, 0.4) is 0 Å². The number of benzene rings is 3. The van der Waals surface area contributed by atoms with Crippen molar-refractivity contribution in [3.05, 3.63) is 70.2 Å². The quantitative estimate of drug-likeness (QED) is 0.458. The lowest BCUT2D eigenvalue weighted by molar-refractivity contribution is 0.0107. The van der Waals surface area contributed by atoms with Crippen molar-refractivity contribution in [2.45, 2.75) is 12.0 Å². The summed E-state index contributed by atoms with van der Waals surface area (Å²) in [7, 11) is 7.69. The van der Waals surface area contributed by atoms with Gasteiger partial charge < -0.3 is 33.6 Å². The molecule has 0 saturated heterocycles. The maximum Gasteiger partial charge on any atom is 0.203 e. The van der Waals surface area contributed by atoms with Crippen LogP contribution in [0.25, 0.3) is 0 Å². The topological polar surface area (TPSA) is 88.0 Å². The first kappa shape index (κ1) is 24.3. The number of oxime groups is 1. The van der Waals surface area contributed by atoms with E-state index in [0.29, 0.717) is 57.0 Å². The van der Waals surface area contributed by atoms with E-state index in [1.807, 2.05) is 12.1 Å². The van der Waals surface area contributed by atoms with Crippen molar-refractivity contribution < 1.29 is 33.6 Å². The SMILES string of the molecule is COc1ccc(C2(c3cc(OC)c(OC)c(OC)c3)CC(c3ccc(Cl)cc3OC)=NO2)cc1O. The number of phenols is 1. The average Bonchev–Trinajstić information content (AvgIpc) is 3.33. The molecule has 1 N–H and O–H groups in total. The Bertz CT molecular complexity index is 1250. The van der Waals surface area contributed by atoms with Gasteiger partial charge in [-0.15, -0.1) is 0 Å². The van der Waals surface area contributed by atoms with Gasteiger partial charge >= 0.3 is 0 Å². The van der Waals surface area contributed by atoms with Crippen LogP contribution in [-0.2, 0) is 10.4 Å². The minimum atomic E-state index is -1.13. The zero-order valence-electron chi connectivity index (χ0n) is 20.0. The van der Waals surface area contributed by atoms with Crippen LogP contribution < -0.4 is 23.7 Å². The van der Waals surface area contributed by atoms with Gasteiger partial charge in [-0.1, -0.05) is 22.8 Å². The Kier molecular flexibility index (Phi) is 6.84. The van der Waals surface area contributed by atoms with Crippen molar-refractivity contribution in [3.63, 3.8) is 0 Å². The number of rotatable bonds is 8. The molecule has 1 aliphatic rings. The van der Waals surface area contributed by atoms with E-state index in [0.717, 1.165) is 5.56 Å². The first-order valence-electron chi connectivity index (χ1n) is 10.7. The molecule has 1 unspecified atom stereocenters. The van der Waals surface area contributed by atoms with E-state index < -0.39 is 5.60 Å². The molecule has 0 aliphatic carbocycles. The van der Waals surface area contributed by atoms with Gasteiger partial charge in [0.2, 0.25) is 5.75 Å². The Morgan fingerprint density at radius 3 is 2.00 bits per heavy atom. The lowest BCUT2D eigenvalue weighted by Gasteiger charge is -2.29. The van der Waals surface area contributed by atoms with E-state index in [4.69, 9.17) is 40.1 Å². The second-order valence-electron chi connectivity index (χ2n) is 7.78. The summed E-state index contributed by atoms with van der Waals surface area (Å²) in [4.78, 5) is 6.21. The maximum absolute atomic E-state index is 10.6. The molecule has 0 spiro atoms. The molecule has 3 aromatic carbocycles. The second kappa shape index (κ2) is 9.84. The monoisotopic (exact) mass is 499 g/mol. The molecule has 9 heteroatoms. The highest BCUT2D eigenvalue weighted by molar-refractivity contribution is 6.31. The van der Waals surface area contributed by atoms with Gasteiger partial charge in [0.25, 0.3) is 0 Å². The van der Waals surface area contributed by atoms with Gasteiger partial charge in [-0.3, -0.25) is 0 Å². The fraction of sp³-hybridized carbons (Fsp3) is 0.269. The van der Waals surface area contributed by atoms with Gasteiger partial charge in [0.15, 0.2) is 28.6 Å². The number of nitrogens with zero attached hydrogens (tertiary/aromatic N) is 1. The molecule has 0 bridgehead atoms. The predicted octanol–water partition coefficient (Wildman–Crippen LogP) is 5.16. The normalized spacial score (nSPS) is 16.8. The summed E-state index contributed by atoms with van der Waals surface area (Å²) in [6.45, 7) is 0. The molecule has 0 fully saturated rings. The average molecular weight is 500 g/mol. The van der Waals surface area contributed by atoms with E-state index in [9.17, 15) is 5.11 Å². The molecule has 3 aromatic rings. The van der Waals surface area contributed by atoms with Gasteiger partial charge in [-0.05, 0) is 42.5 Å². The third-order valence-corrected chi connectivity index (χ3v) is 6.21. The summed E-state index contributed by atoms with van der Waals surface area (Å²) >= 11 is 6.16. The van der Waals surface area contributed by atoms with Crippen molar-refractivity contribution in [3.8, 4) is 34.5 Å². The molecular formula is C26H26ClNO7. The van der Waals surface area contributed by atoms with Gasteiger partial charge in [-0.2, -0.15) is 0 Å². The van der Waals surface area contributed by atoms with Crippen molar-refractivity contribution in [2.24, 2.45) is 5.16 Å². The van der Waals surface area contributed by atoms with Crippen LogP contribution in [0.15, 0.2) is 53.7 Å². The third kappa shape index (κ3) is 4.25. The molecule has 0 saturated carbocycles. The van der Waals surface area contributed by atoms with Crippen LogP contribution in [-0.4, -0.2) is 46.4 Å². The maximum atomic E-state index is 10.6. The fourth-order valence-corrected chi connectivity index (χ4v) is 4.37. The molecule has 8 nitrogen and oxygen atoms in total. The number of halogens is 1. The summed E-state index contributed by atoms with van der Waals surface area (Å²) in [6, 6.07) is 14.0. The highest BCUT2D eigenvalue weighted by Crippen LogP contribution is 2.49. The van der Waals surface area contributed by atoms with Gasteiger partial charge in [0, 0.05) is 28.1 Å². The first-order chi connectivity index (χ1) is 16.9. The molecule has 0 radical (unpaired) electrons. The summed E-state index contributed by atoms with van der Waals surface area (Å²) in [6.07, 6.45) is 0.315. The Morgan fingerprint density at radius 1 is 0.771 bits per heavy atom. The highest BCUT2D eigenvalue weighted by Gasteiger charge is 2.45. The molecule has 35 heavy (non-hydrogen) atoms. The van der Waals surface area contributed by atoms with Gasteiger partial charge in [-0.25, -0.2) is 0 Å². The summed E-state index contributed by atoms with van der Waals surface area (Å²) in [5.74, 6) is 2.24. The van der Waals surface area contributed by atoms with E-state index >= 15 is 0 Å². The molecule has 1 aliphatic heterocycles. The molecule has 0 aromatic heterocycles. The largest absolute Gasteiger partial charge is 0.504 e. The van der Waals surface area contributed by atoms with Crippen LogP contribution >= 0.6 is 11.6 Å². The summed E-state index contributed by atoms with van der Waals surface area (Å²) in [5, 5.41) is 15.6. The Labute approximate surface area is 208 Å². The van der Waals surface area contributed by atoms with Crippen LogP contribution in [0.4, 0.5) is 0 Å². The van der Waals surface area contributed by atoms with Gasteiger partial charge in [0.1, 0.15) is 5.75 Å². The van der Waals surface area contributed by atoms with E-state index in [1.54, 1.807) is 57.7 Å². The Balaban J connectivity index is 1.90. The summed E-state index contributed by atoms with van der Waals surface area (Å²) in [5.41, 5.74) is 1.59. The van der Waals surface area contributed by atoms with Crippen molar-refractivity contribution in [1.29, 1.82) is 0 Å². The first-order valence-corrected chi connectivity index (χ1v) is 11.1. The number of aromatic hydroxyl groups is 1. The van der Waals surface area contributed by atoms with Crippen LogP contribution in [0.5, 0.6) is 34.5 Å². The number of phenolic OH excluding ortho intramolecular Hbond substituents is 1. The lowest BCUT2D eigenvalue weighted by Crippen LogP contribution is -2.28. The van der Waals surface area contributed by atoms with Crippen LogP contribution in [0, 0.1) is 0 Å². The fourth-order valence-electron chi connectivity index (χ4n) is 4.21. The molecular weight excluding hydrogens is 474 g/mol. The van der Waals surface area contributed by atoms with Gasteiger partial charge in [0.05, 0.1) is 41.3 Å². The smallest absolute Gasteiger partial charge is 0.203 e. The second-order valence-corrected chi connectivity index (χ2v) is 8.21. The number of ether oxygens (including phenoxy) is 5. The number of hydrogen-bond donors (Lipinski definition) is 1. The minimum absolute atomic E-state index is 0.0297. The standard InChI is InChI=1S/C26H26ClNO7/c1-30-21-9-6-15(10-20(21)29)26(16-11-23(32-3)25(34-5)24(12-16)33-4)14-19(28-35-26)18-8-7-17(27)13-22(18)31-2/h6-13,29H,14H2,1-5H3. The minimum Gasteiger partial charge on any atom is -0.504 e. The molecule has 0 amide bonds. The molecule has 1 heterocycles. The Hall–Kier alpha value is -3.78. The molecule has 1 atom stereocenters. The zero-order chi connectivity index (χ0) is 25.2. The number of hydrogen-bond acceptors (Lipinski definition) is 8. The van der Waals surface area contributed by atoms with Crippen molar-refractivity contribution in [1.82, 2.24) is 0 Å². The lowest BCUT2D eigenvalue weighted by atomic mass is 9.81. The van der Waals surface area contributed by atoms with Crippen molar-refractivity contribution in [2.75, 3.05) is 35.5 Å². The van der Waals surface area contributed by atoms with Crippen LogP contribution in [0.2, 0.25) is 5.02 Å². The van der Waals surface area contributed by atoms with Crippen molar-refractivity contribution >= 4 is 17.3 Å². The third-order valence-electron chi connectivity index (χ3n) is 5.98. The molecule has 184 valence electrons. The summed E-state index contributed by atoms with van der Waals surface area (Å²) < 4.78 is 27.4. The molecule has 4 rings (SSSR count). The number of methoxy groups -OCH3 is 5. The van der Waals surface area contributed by atoms with Crippen LogP contribution in [0.1, 0.15) is 23.1 Å².